The van der Waals surface area contributed by atoms with Gasteiger partial charge in [-0.1, -0.05) is 30.3 Å². The molecule has 2 rings (SSSR count). The van der Waals surface area contributed by atoms with Crippen LogP contribution in [-0.2, 0) is 0 Å². The highest BCUT2D eigenvalue weighted by Crippen LogP contribution is 2.10. The molecule has 0 radical (unpaired) electrons. The van der Waals surface area contributed by atoms with Gasteiger partial charge < -0.3 is 5.32 Å². The van der Waals surface area contributed by atoms with Crippen molar-refractivity contribution in [3.05, 3.63) is 77.8 Å². The fraction of sp³-hybridized carbons (Fsp3) is 0.0625. The maximum atomic E-state index is 13.0. The minimum absolute atomic E-state index is 0.222. The first-order chi connectivity index (χ1) is 9.15. The Balaban J connectivity index is 2.10. The Morgan fingerprint density at radius 3 is 2.53 bits per heavy atom. The SMILES string of the molecule is C/C(=C\C(=O)c1cccc(F)c1)Nc1ccccc1. The smallest absolute Gasteiger partial charge is 0.187 e. The van der Waals surface area contributed by atoms with E-state index in [1.54, 1.807) is 13.0 Å². The second kappa shape index (κ2) is 5.96. The molecule has 0 saturated carbocycles. The molecule has 2 aromatic rings. The van der Waals surface area contributed by atoms with Crippen LogP contribution in [0.1, 0.15) is 17.3 Å². The quantitative estimate of drug-likeness (QED) is 0.660. The van der Waals surface area contributed by atoms with Gasteiger partial charge in [-0.3, -0.25) is 4.79 Å². The lowest BCUT2D eigenvalue weighted by atomic mass is 10.1. The molecular formula is C16H14FNO. The Morgan fingerprint density at radius 1 is 1.11 bits per heavy atom. The van der Waals surface area contributed by atoms with E-state index in [0.29, 0.717) is 11.3 Å². The standard InChI is InChI=1S/C16H14FNO/c1-12(18-15-8-3-2-4-9-15)10-16(19)13-6-5-7-14(17)11-13/h2-11,18H,1H3/b12-10+. The van der Waals surface area contributed by atoms with Crippen LogP contribution in [0.5, 0.6) is 0 Å². The lowest BCUT2D eigenvalue weighted by Crippen LogP contribution is -2.01. The summed E-state index contributed by atoms with van der Waals surface area (Å²) in [4.78, 5) is 11.9. The highest BCUT2D eigenvalue weighted by atomic mass is 19.1. The molecule has 0 aliphatic carbocycles. The molecule has 2 aromatic carbocycles. The zero-order valence-electron chi connectivity index (χ0n) is 10.6. The first kappa shape index (κ1) is 13.0. The summed E-state index contributed by atoms with van der Waals surface area (Å²) < 4.78 is 13.0. The summed E-state index contributed by atoms with van der Waals surface area (Å²) in [6, 6.07) is 15.2. The summed E-state index contributed by atoms with van der Waals surface area (Å²) in [7, 11) is 0. The summed E-state index contributed by atoms with van der Waals surface area (Å²) >= 11 is 0. The predicted octanol–water partition coefficient (Wildman–Crippen LogP) is 4.02. The monoisotopic (exact) mass is 255 g/mol. The lowest BCUT2D eigenvalue weighted by molar-refractivity contribution is 0.104. The van der Waals surface area contributed by atoms with E-state index in [9.17, 15) is 9.18 Å². The second-order valence-corrected chi connectivity index (χ2v) is 4.19. The molecular weight excluding hydrogens is 241 g/mol. The van der Waals surface area contributed by atoms with Gasteiger partial charge >= 0.3 is 0 Å². The van der Waals surface area contributed by atoms with Gasteiger partial charge in [0.2, 0.25) is 0 Å². The van der Waals surface area contributed by atoms with E-state index < -0.39 is 5.82 Å². The number of hydrogen-bond acceptors (Lipinski definition) is 2. The summed E-state index contributed by atoms with van der Waals surface area (Å²) in [5.74, 6) is -0.631. The molecule has 2 nitrogen and oxygen atoms in total. The molecule has 0 aromatic heterocycles. The Morgan fingerprint density at radius 2 is 1.84 bits per heavy atom. The Labute approximate surface area is 111 Å². The number of carbonyl (C=O) groups is 1. The summed E-state index contributed by atoms with van der Waals surface area (Å²) in [6.07, 6.45) is 1.46. The largest absolute Gasteiger partial charge is 0.359 e. The van der Waals surface area contributed by atoms with Crippen molar-refractivity contribution in [2.75, 3.05) is 5.32 Å². The van der Waals surface area contributed by atoms with Crippen LogP contribution in [0.2, 0.25) is 0 Å². The number of allylic oxidation sites excluding steroid dienone is 2. The van der Waals surface area contributed by atoms with Crippen LogP contribution in [0.25, 0.3) is 0 Å². The molecule has 0 saturated heterocycles. The Bertz CT molecular complexity index is 605. The molecule has 0 aliphatic rings. The van der Waals surface area contributed by atoms with Gasteiger partial charge in [-0.25, -0.2) is 4.39 Å². The topological polar surface area (TPSA) is 29.1 Å². The normalized spacial score (nSPS) is 11.2. The van der Waals surface area contributed by atoms with Crippen LogP contribution in [0, 0.1) is 5.82 Å². The molecule has 0 bridgehead atoms. The molecule has 0 atom stereocenters. The minimum atomic E-state index is -0.409. The number of para-hydroxylation sites is 1. The number of ketones is 1. The van der Waals surface area contributed by atoms with Gasteiger partial charge in [-0.2, -0.15) is 0 Å². The zero-order chi connectivity index (χ0) is 13.7. The molecule has 0 heterocycles. The molecule has 0 aliphatic heterocycles. The van der Waals surface area contributed by atoms with E-state index in [2.05, 4.69) is 5.32 Å². The first-order valence-electron chi connectivity index (χ1n) is 5.95. The van der Waals surface area contributed by atoms with Gasteiger partial charge in [-0.15, -0.1) is 0 Å². The van der Waals surface area contributed by atoms with Crippen molar-refractivity contribution in [1.29, 1.82) is 0 Å². The van der Waals surface area contributed by atoms with Crippen LogP contribution < -0.4 is 5.32 Å². The summed E-state index contributed by atoms with van der Waals surface area (Å²) in [6.45, 7) is 1.80. The van der Waals surface area contributed by atoms with Crippen molar-refractivity contribution in [1.82, 2.24) is 0 Å². The number of benzene rings is 2. The van der Waals surface area contributed by atoms with Crippen LogP contribution in [-0.4, -0.2) is 5.78 Å². The third-order valence-corrected chi connectivity index (χ3v) is 2.57. The van der Waals surface area contributed by atoms with Crippen molar-refractivity contribution in [2.45, 2.75) is 6.92 Å². The molecule has 0 fully saturated rings. The fourth-order valence-corrected chi connectivity index (χ4v) is 1.71. The number of anilines is 1. The third kappa shape index (κ3) is 3.78. The zero-order valence-corrected chi connectivity index (χ0v) is 10.6. The van der Waals surface area contributed by atoms with Crippen molar-refractivity contribution in [3.63, 3.8) is 0 Å². The van der Waals surface area contributed by atoms with E-state index in [-0.39, 0.29) is 5.78 Å². The maximum Gasteiger partial charge on any atom is 0.187 e. The number of halogens is 1. The van der Waals surface area contributed by atoms with E-state index >= 15 is 0 Å². The summed E-state index contributed by atoms with van der Waals surface area (Å²) in [5, 5.41) is 3.10. The lowest BCUT2D eigenvalue weighted by Gasteiger charge is -2.05. The summed E-state index contributed by atoms with van der Waals surface area (Å²) in [5.41, 5.74) is 1.96. The van der Waals surface area contributed by atoms with Crippen molar-refractivity contribution in [3.8, 4) is 0 Å². The van der Waals surface area contributed by atoms with E-state index in [0.717, 1.165) is 5.69 Å². The average molecular weight is 255 g/mol. The molecule has 96 valence electrons. The van der Waals surface area contributed by atoms with Crippen molar-refractivity contribution < 1.29 is 9.18 Å². The maximum absolute atomic E-state index is 13.0. The number of hydrogen-bond donors (Lipinski definition) is 1. The van der Waals surface area contributed by atoms with Crippen LogP contribution in [0.3, 0.4) is 0 Å². The molecule has 3 heteroatoms. The van der Waals surface area contributed by atoms with Gasteiger partial charge in [0.05, 0.1) is 0 Å². The highest BCUT2D eigenvalue weighted by Gasteiger charge is 2.04. The van der Waals surface area contributed by atoms with E-state index in [4.69, 9.17) is 0 Å². The first-order valence-corrected chi connectivity index (χ1v) is 5.95. The Kier molecular flexibility index (Phi) is 4.08. The number of carbonyl (C=O) groups excluding carboxylic acids is 1. The number of nitrogens with one attached hydrogen (secondary N) is 1. The molecule has 19 heavy (non-hydrogen) atoms. The van der Waals surface area contributed by atoms with E-state index in [1.165, 1.54) is 24.3 Å². The van der Waals surface area contributed by atoms with Crippen molar-refractivity contribution >= 4 is 11.5 Å². The van der Waals surface area contributed by atoms with Crippen LogP contribution >= 0.6 is 0 Å². The van der Waals surface area contributed by atoms with Crippen LogP contribution in [0.15, 0.2) is 66.4 Å². The molecule has 0 unspecified atom stereocenters. The van der Waals surface area contributed by atoms with Crippen LogP contribution in [0.4, 0.5) is 10.1 Å². The van der Waals surface area contributed by atoms with E-state index in [1.807, 2.05) is 30.3 Å². The molecule has 1 N–H and O–H groups in total. The molecule has 0 amide bonds. The number of rotatable bonds is 4. The van der Waals surface area contributed by atoms with Gasteiger partial charge in [-0.05, 0) is 31.2 Å². The van der Waals surface area contributed by atoms with Crippen molar-refractivity contribution in [2.24, 2.45) is 0 Å². The third-order valence-electron chi connectivity index (χ3n) is 2.57. The minimum Gasteiger partial charge on any atom is -0.359 e. The Hall–Kier alpha value is -2.42. The molecule has 0 spiro atoms. The van der Waals surface area contributed by atoms with Gasteiger partial charge in [0.15, 0.2) is 5.78 Å². The van der Waals surface area contributed by atoms with Gasteiger partial charge in [0.25, 0.3) is 0 Å². The highest BCUT2D eigenvalue weighted by molar-refractivity contribution is 6.05. The van der Waals surface area contributed by atoms with Gasteiger partial charge in [0.1, 0.15) is 5.82 Å². The van der Waals surface area contributed by atoms with Gasteiger partial charge in [0, 0.05) is 23.0 Å². The fourth-order valence-electron chi connectivity index (χ4n) is 1.71. The second-order valence-electron chi connectivity index (χ2n) is 4.19. The average Bonchev–Trinajstić information content (AvgIpc) is 2.39. The predicted molar refractivity (Wildman–Crippen MR) is 74.6 cm³/mol.